The summed E-state index contributed by atoms with van der Waals surface area (Å²) in [5.41, 5.74) is 34.2. The summed E-state index contributed by atoms with van der Waals surface area (Å²) in [5, 5.41) is 2.47. The predicted octanol–water partition coefficient (Wildman–Crippen LogP) is 20.4. The van der Waals surface area contributed by atoms with Gasteiger partial charge in [0.05, 0.1) is 28.1 Å². The Balaban J connectivity index is 1.07. The molecule has 4 nitrogen and oxygen atoms in total. The second-order valence-electron chi connectivity index (χ2n) is 26.7. The van der Waals surface area contributed by atoms with Gasteiger partial charge in [0.15, 0.2) is 0 Å². The Morgan fingerprint density at radius 1 is 0.349 bits per heavy atom. The third kappa shape index (κ3) is 8.96. The van der Waals surface area contributed by atoms with Crippen LogP contribution in [0, 0.1) is 48.5 Å². The number of para-hydroxylation sites is 2. The van der Waals surface area contributed by atoms with E-state index in [1.165, 1.54) is 150 Å². The van der Waals surface area contributed by atoms with Crippen molar-refractivity contribution < 1.29 is 0 Å². The Bertz CT molecular complexity index is 4620. The highest BCUT2D eigenvalue weighted by Crippen LogP contribution is 2.51. The average molecular weight is 1120 g/mol. The molecule has 422 valence electrons. The molecule has 0 saturated heterocycles. The van der Waals surface area contributed by atoms with Crippen molar-refractivity contribution in [3.8, 4) is 27.9 Å². The number of anilines is 9. The summed E-state index contributed by atoms with van der Waals surface area (Å²) >= 11 is 0. The predicted molar refractivity (Wildman–Crippen MR) is 371 cm³/mol. The molecule has 2 aliphatic rings. The van der Waals surface area contributed by atoms with Gasteiger partial charge in [-0.05, 0) is 233 Å². The van der Waals surface area contributed by atoms with Crippen molar-refractivity contribution >= 4 is 96.1 Å². The minimum absolute atomic E-state index is 0.0291. The SMILES string of the molecule is Cc1cc2c3c(c1)N(c1c(C)cc(-c4ccccc4)cc1C)c1cc(N(c4ccc5c6ccccc6n(-c6ccccc6)c5c4)c4c(C)cc(C(C)(C)C)cc4C)ccc1B3c1cc(C(C)(C)C)ccc1N2c1c(C)cc(-c2ccccc2)cc1C. The Labute approximate surface area is 509 Å². The fraction of sp³-hybridized carbons (Fsp3) is 0.185. The molecule has 0 amide bonds. The van der Waals surface area contributed by atoms with E-state index in [2.05, 4.69) is 328 Å². The number of hydrogen-bond acceptors (Lipinski definition) is 3. The normalized spacial score (nSPS) is 12.9. The fourth-order valence-corrected chi connectivity index (χ4v) is 14.5. The Hall–Kier alpha value is -9.32. The zero-order valence-electron chi connectivity index (χ0n) is 52.2. The molecule has 5 heteroatoms. The van der Waals surface area contributed by atoms with Gasteiger partial charge in [0.1, 0.15) is 0 Å². The first kappa shape index (κ1) is 54.6. The van der Waals surface area contributed by atoms with Gasteiger partial charge < -0.3 is 19.3 Å². The zero-order valence-corrected chi connectivity index (χ0v) is 52.2. The molecule has 86 heavy (non-hydrogen) atoms. The summed E-state index contributed by atoms with van der Waals surface area (Å²) in [4.78, 5) is 7.85. The van der Waals surface area contributed by atoms with Crippen LogP contribution in [-0.4, -0.2) is 11.3 Å². The molecule has 0 saturated carbocycles. The van der Waals surface area contributed by atoms with Crippen molar-refractivity contribution in [3.63, 3.8) is 0 Å². The lowest BCUT2D eigenvalue weighted by atomic mass is 9.33. The van der Waals surface area contributed by atoms with Crippen LogP contribution in [0.3, 0.4) is 0 Å². The molecule has 0 bridgehead atoms. The van der Waals surface area contributed by atoms with E-state index in [4.69, 9.17) is 0 Å². The highest BCUT2D eigenvalue weighted by molar-refractivity contribution is 7.00. The van der Waals surface area contributed by atoms with E-state index in [9.17, 15) is 0 Å². The number of aryl methyl sites for hydroxylation is 7. The maximum Gasteiger partial charge on any atom is 0.252 e. The molecule has 3 heterocycles. The van der Waals surface area contributed by atoms with E-state index in [1.807, 2.05) is 0 Å². The van der Waals surface area contributed by atoms with E-state index in [0.717, 1.165) is 17.1 Å². The Morgan fingerprint density at radius 3 is 1.40 bits per heavy atom. The van der Waals surface area contributed by atoms with Crippen LogP contribution in [0.5, 0.6) is 0 Å². The molecule has 11 aromatic carbocycles. The first-order valence-corrected chi connectivity index (χ1v) is 30.7. The summed E-state index contributed by atoms with van der Waals surface area (Å²) in [7, 11) is 0. The zero-order chi connectivity index (χ0) is 59.7. The molecule has 0 unspecified atom stereocenters. The van der Waals surface area contributed by atoms with Gasteiger partial charge >= 0.3 is 0 Å². The summed E-state index contributed by atoms with van der Waals surface area (Å²) in [6.07, 6.45) is 0. The molecule has 0 aliphatic carbocycles. The van der Waals surface area contributed by atoms with Crippen LogP contribution in [-0.2, 0) is 10.8 Å². The van der Waals surface area contributed by atoms with Gasteiger partial charge in [-0.2, -0.15) is 0 Å². The van der Waals surface area contributed by atoms with Crippen molar-refractivity contribution in [2.45, 2.75) is 101 Å². The molecule has 2 aliphatic heterocycles. The maximum atomic E-state index is 2.66. The van der Waals surface area contributed by atoms with E-state index in [0.29, 0.717) is 0 Å². The Morgan fingerprint density at radius 2 is 0.837 bits per heavy atom. The third-order valence-corrected chi connectivity index (χ3v) is 18.5. The van der Waals surface area contributed by atoms with Crippen LogP contribution in [0.25, 0.3) is 49.7 Å². The summed E-state index contributed by atoms with van der Waals surface area (Å²) < 4.78 is 2.45. The maximum absolute atomic E-state index is 2.66. The molecule has 0 radical (unpaired) electrons. The fourth-order valence-electron chi connectivity index (χ4n) is 14.5. The van der Waals surface area contributed by atoms with Gasteiger partial charge in [-0.1, -0.05) is 175 Å². The van der Waals surface area contributed by atoms with Crippen molar-refractivity contribution in [2.75, 3.05) is 14.7 Å². The first-order valence-electron chi connectivity index (χ1n) is 30.7. The van der Waals surface area contributed by atoms with Gasteiger partial charge in [-0.15, -0.1) is 0 Å². The van der Waals surface area contributed by atoms with Crippen LogP contribution in [0.15, 0.2) is 218 Å². The topological polar surface area (TPSA) is 14.7 Å². The molecule has 12 aromatic rings. The van der Waals surface area contributed by atoms with Crippen LogP contribution >= 0.6 is 0 Å². The van der Waals surface area contributed by atoms with E-state index in [-0.39, 0.29) is 17.5 Å². The van der Waals surface area contributed by atoms with E-state index in [1.54, 1.807) is 0 Å². The second kappa shape index (κ2) is 20.4. The van der Waals surface area contributed by atoms with Crippen molar-refractivity contribution in [3.05, 3.63) is 268 Å². The minimum atomic E-state index is -0.0897. The van der Waals surface area contributed by atoms with Gasteiger partial charge in [0.2, 0.25) is 0 Å². The van der Waals surface area contributed by atoms with E-state index >= 15 is 0 Å². The number of fused-ring (bicyclic) bond motifs is 7. The average Bonchev–Trinajstić information content (AvgIpc) is 0.834. The molecule has 0 fully saturated rings. The van der Waals surface area contributed by atoms with Crippen molar-refractivity contribution in [2.24, 2.45) is 0 Å². The molecule has 1 aromatic heterocycles. The van der Waals surface area contributed by atoms with Crippen molar-refractivity contribution in [1.29, 1.82) is 0 Å². The second-order valence-corrected chi connectivity index (χ2v) is 26.7. The van der Waals surface area contributed by atoms with Crippen LogP contribution in [0.1, 0.15) is 91.6 Å². The number of rotatable bonds is 8. The van der Waals surface area contributed by atoms with Gasteiger partial charge in [0.25, 0.3) is 6.71 Å². The molecule has 0 spiro atoms. The standard InChI is InChI=1S/C81H75BN4/c1-50-39-74-76-75(40-50)86(79-53(4)43-60(44-54(79)5)58-27-19-15-20-28-58)73-49-65(35-37-68(73)82(76)69-47-61(80(8,9)10)33-38-71(69)85(74)78-51(2)41-59(42-52(78)3)57-25-17-14-18-26-57)83(77-55(6)45-62(46-56(77)7)81(11,12)13)64-34-36-67-66-31-23-24-32-70(66)84(72(67)48-64)63-29-21-16-22-30-63/h14-49H,1-13H3. The highest BCUT2D eigenvalue weighted by atomic mass is 15.2. The quantitative estimate of drug-likeness (QED) is 0.141. The van der Waals surface area contributed by atoms with Crippen LogP contribution in [0.4, 0.5) is 51.2 Å². The number of nitrogens with zero attached hydrogens (tertiary/aromatic N) is 4. The lowest BCUT2D eigenvalue weighted by Gasteiger charge is -2.46. The molecule has 0 N–H and O–H groups in total. The van der Waals surface area contributed by atoms with Gasteiger partial charge in [-0.25, -0.2) is 0 Å². The van der Waals surface area contributed by atoms with Gasteiger partial charge in [-0.3, -0.25) is 0 Å². The summed E-state index contributed by atoms with van der Waals surface area (Å²) in [5.74, 6) is 0. The Kier molecular flexibility index (Phi) is 13.0. The lowest BCUT2D eigenvalue weighted by Crippen LogP contribution is -2.61. The molecular formula is C81H75BN4. The lowest BCUT2D eigenvalue weighted by molar-refractivity contribution is 0.589. The summed E-state index contributed by atoms with van der Waals surface area (Å²) in [6.45, 7) is 30.1. The molecular weight excluding hydrogens is 1040 g/mol. The first-order chi connectivity index (χ1) is 41.3. The van der Waals surface area contributed by atoms with Crippen molar-refractivity contribution in [1.82, 2.24) is 4.57 Å². The van der Waals surface area contributed by atoms with Crippen LogP contribution in [0.2, 0.25) is 0 Å². The van der Waals surface area contributed by atoms with Crippen LogP contribution < -0.4 is 31.1 Å². The van der Waals surface area contributed by atoms with Gasteiger partial charge in [0, 0.05) is 50.6 Å². The monoisotopic (exact) mass is 1110 g/mol. The summed E-state index contributed by atoms with van der Waals surface area (Å²) in [6, 6.07) is 82.8. The minimum Gasteiger partial charge on any atom is -0.311 e. The third-order valence-electron chi connectivity index (χ3n) is 18.5. The molecule has 0 atom stereocenters. The van der Waals surface area contributed by atoms with E-state index < -0.39 is 0 Å². The number of benzene rings is 11. The number of hydrogen-bond donors (Lipinski definition) is 0. The highest BCUT2D eigenvalue weighted by Gasteiger charge is 2.45. The number of aromatic nitrogens is 1. The molecule has 14 rings (SSSR count). The smallest absolute Gasteiger partial charge is 0.252 e. The largest absolute Gasteiger partial charge is 0.311 e.